The molecule has 2 rings (SSSR count). The van der Waals surface area contributed by atoms with E-state index in [1.54, 1.807) is 7.11 Å². The maximum Gasteiger partial charge on any atom is 0.251 e. The number of rotatable bonds is 6. The number of fused-ring (bicyclic) bond motifs is 1. The van der Waals surface area contributed by atoms with Gasteiger partial charge in [-0.2, -0.15) is 0 Å². The Balaban J connectivity index is 2.13. The molecule has 4 heteroatoms. The Morgan fingerprint density at radius 2 is 2.00 bits per heavy atom. The summed E-state index contributed by atoms with van der Waals surface area (Å²) in [5.41, 5.74) is 6.20. The second-order valence-corrected chi connectivity index (χ2v) is 4.77. The second kappa shape index (κ2) is 7.03. The molecule has 0 heterocycles. The zero-order chi connectivity index (χ0) is 14.4. The maximum absolute atomic E-state index is 12.2. The molecule has 20 heavy (non-hydrogen) atoms. The van der Waals surface area contributed by atoms with E-state index in [4.69, 9.17) is 10.5 Å². The summed E-state index contributed by atoms with van der Waals surface area (Å²) in [4.78, 5) is 12.2. The number of nitrogens with one attached hydrogen (secondary N) is 1. The number of carbonyl (C=O) groups is 1. The van der Waals surface area contributed by atoms with Crippen LogP contribution in [-0.2, 0) is 4.74 Å². The van der Waals surface area contributed by atoms with Gasteiger partial charge in [0.1, 0.15) is 0 Å². The standard InChI is InChI=1S/C16H20N2O2/c1-20-11-15(8-9-17)18-16(19)14-7-6-12-4-2-3-5-13(12)10-14/h2-7,10,15H,8-9,11,17H2,1H3,(H,18,19). The van der Waals surface area contributed by atoms with Gasteiger partial charge in [0.05, 0.1) is 12.6 Å². The fraction of sp³-hybridized carbons (Fsp3) is 0.312. The van der Waals surface area contributed by atoms with Crippen LogP contribution in [0.1, 0.15) is 16.8 Å². The third kappa shape index (κ3) is 3.56. The first kappa shape index (κ1) is 14.5. The van der Waals surface area contributed by atoms with E-state index in [-0.39, 0.29) is 11.9 Å². The van der Waals surface area contributed by atoms with E-state index < -0.39 is 0 Å². The zero-order valence-corrected chi connectivity index (χ0v) is 11.6. The summed E-state index contributed by atoms with van der Waals surface area (Å²) in [7, 11) is 1.62. The van der Waals surface area contributed by atoms with Crippen molar-refractivity contribution in [2.45, 2.75) is 12.5 Å². The Labute approximate surface area is 118 Å². The number of hydrogen-bond acceptors (Lipinski definition) is 3. The van der Waals surface area contributed by atoms with E-state index in [2.05, 4.69) is 5.32 Å². The van der Waals surface area contributed by atoms with Crippen LogP contribution in [0.15, 0.2) is 42.5 Å². The van der Waals surface area contributed by atoms with Gasteiger partial charge in [0.15, 0.2) is 0 Å². The smallest absolute Gasteiger partial charge is 0.251 e. The van der Waals surface area contributed by atoms with Crippen LogP contribution in [0.2, 0.25) is 0 Å². The number of carbonyl (C=O) groups excluding carboxylic acids is 1. The Morgan fingerprint density at radius 1 is 1.25 bits per heavy atom. The lowest BCUT2D eigenvalue weighted by Gasteiger charge is -2.17. The highest BCUT2D eigenvalue weighted by Gasteiger charge is 2.13. The van der Waals surface area contributed by atoms with Gasteiger partial charge >= 0.3 is 0 Å². The summed E-state index contributed by atoms with van der Waals surface area (Å²) in [6.45, 7) is 0.989. The molecule has 0 saturated carbocycles. The molecule has 0 aliphatic carbocycles. The number of amides is 1. The van der Waals surface area contributed by atoms with Gasteiger partial charge in [0.2, 0.25) is 0 Å². The maximum atomic E-state index is 12.2. The molecule has 2 aromatic rings. The minimum absolute atomic E-state index is 0.0519. The molecule has 1 amide bonds. The molecule has 0 radical (unpaired) electrons. The summed E-state index contributed by atoms with van der Waals surface area (Å²) in [5, 5.41) is 5.14. The predicted octanol–water partition coefficient (Wildman–Crippen LogP) is 1.93. The minimum atomic E-state index is -0.0914. The van der Waals surface area contributed by atoms with Crippen LogP contribution in [-0.4, -0.2) is 32.2 Å². The van der Waals surface area contributed by atoms with Crippen molar-refractivity contribution in [2.75, 3.05) is 20.3 Å². The summed E-state index contributed by atoms with van der Waals surface area (Å²) in [6.07, 6.45) is 0.702. The van der Waals surface area contributed by atoms with E-state index in [1.165, 1.54) is 0 Å². The molecule has 106 valence electrons. The zero-order valence-electron chi connectivity index (χ0n) is 11.6. The molecule has 0 aliphatic heterocycles. The fourth-order valence-corrected chi connectivity index (χ4v) is 2.20. The fourth-order valence-electron chi connectivity index (χ4n) is 2.20. The van der Waals surface area contributed by atoms with Crippen LogP contribution < -0.4 is 11.1 Å². The molecule has 4 nitrogen and oxygen atoms in total. The van der Waals surface area contributed by atoms with E-state index in [0.29, 0.717) is 25.1 Å². The number of methoxy groups -OCH3 is 1. The van der Waals surface area contributed by atoms with Crippen molar-refractivity contribution in [3.63, 3.8) is 0 Å². The Hall–Kier alpha value is -1.91. The Morgan fingerprint density at radius 3 is 2.70 bits per heavy atom. The average Bonchev–Trinajstić information content (AvgIpc) is 2.47. The first-order valence-corrected chi connectivity index (χ1v) is 6.73. The largest absolute Gasteiger partial charge is 0.383 e. The third-order valence-corrected chi connectivity index (χ3v) is 3.23. The lowest BCUT2D eigenvalue weighted by atomic mass is 10.1. The highest BCUT2D eigenvalue weighted by Crippen LogP contribution is 2.15. The van der Waals surface area contributed by atoms with Gasteiger partial charge in [-0.25, -0.2) is 0 Å². The quantitative estimate of drug-likeness (QED) is 0.844. The van der Waals surface area contributed by atoms with Crippen molar-refractivity contribution in [3.8, 4) is 0 Å². The van der Waals surface area contributed by atoms with Gasteiger partial charge in [-0.1, -0.05) is 30.3 Å². The summed E-state index contributed by atoms with van der Waals surface area (Å²) >= 11 is 0. The van der Waals surface area contributed by atoms with Gasteiger partial charge < -0.3 is 15.8 Å². The number of benzene rings is 2. The Kier molecular flexibility index (Phi) is 5.09. The third-order valence-electron chi connectivity index (χ3n) is 3.23. The summed E-state index contributed by atoms with van der Waals surface area (Å²) in [5.74, 6) is -0.0914. The molecule has 0 aliphatic rings. The summed E-state index contributed by atoms with van der Waals surface area (Å²) < 4.78 is 5.09. The van der Waals surface area contributed by atoms with Gasteiger partial charge in [-0.15, -0.1) is 0 Å². The molecule has 1 atom stereocenters. The summed E-state index contributed by atoms with van der Waals surface area (Å²) in [6, 6.07) is 13.6. The molecular formula is C16H20N2O2. The van der Waals surface area contributed by atoms with E-state index in [9.17, 15) is 4.79 Å². The molecule has 0 saturated heterocycles. The van der Waals surface area contributed by atoms with Crippen LogP contribution in [0.3, 0.4) is 0 Å². The highest BCUT2D eigenvalue weighted by molar-refractivity contribution is 5.98. The van der Waals surface area contributed by atoms with Crippen molar-refractivity contribution in [1.82, 2.24) is 5.32 Å². The molecular weight excluding hydrogens is 252 g/mol. The molecule has 0 bridgehead atoms. The number of ether oxygens (including phenoxy) is 1. The molecule has 0 aromatic heterocycles. The van der Waals surface area contributed by atoms with E-state index in [0.717, 1.165) is 10.8 Å². The number of nitrogens with two attached hydrogens (primary N) is 1. The van der Waals surface area contributed by atoms with Gasteiger partial charge in [0.25, 0.3) is 5.91 Å². The SMILES string of the molecule is COCC(CCN)NC(=O)c1ccc2ccccc2c1. The van der Waals surface area contributed by atoms with Crippen LogP contribution >= 0.6 is 0 Å². The van der Waals surface area contributed by atoms with E-state index in [1.807, 2.05) is 42.5 Å². The first-order chi connectivity index (χ1) is 9.74. The second-order valence-electron chi connectivity index (χ2n) is 4.77. The van der Waals surface area contributed by atoms with Gasteiger partial charge in [-0.05, 0) is 35.9 Å². The van der Waals surface area contributed by atoms with Crippen molar-refractivity contribution in [3.05, 3.63) is 48.0 Å². The van der Waals surface area contributed by atoms with Crippen molar-refractivity contribution in [1.29, 1.82) is 0 Å². The Bertz CT molecular complexity index is 577. The van der Waals surface area contributed by atoms with Crippen molar-refractivity contribution in [2.24, 2.45) is 5.73 Å². The lowest BCUT2D eigenvalue weighted by Crippen LogP contribution is -2.39. The average molecular weight is 272 g/mol. The number of hydrogen-bond donors (Lipinski definition) is 2. The monoisotopic (exact) mass is 272 g/mol. The van der Waals surface area contributed by atoms with Gasteiger partial charge in [0, 0.05) is 12.7 Å². The van der Waals surface area contributed by atoms with Crippen molar-refractivity contribution >= 4 is 16.7 Å². The molecule has 0 spiro atoms. The van der Waals surface area contributed by atoms with Crippen LogP contribution in [0.25, 0.3) is 10.8 Å². The van der Waals surface area contributed by atoms with Crippen LogP contribution in [0.5, 0.6) is 0 Å². The normalized spacial score (nSPS) is 12.3. The molecule has 0 fully saturated rings. The van der Waals surface area contributed by atoms with Gasteiger partial charge in [-0.3, -0.25) is 4.79 Å². The van der Waals surface area contributed by atoms with Crippen molar-refractivity contribution < 1.29 is 9.53 Å². The topological polar surface area (TPSA) is 64.3 Å². The highest BCUT2D eigenvalue weighted by atomic mass is 16.5. The van der Waals surface area contributed by atoms with Crippen LogP contribution in [0, 0.1) is 0 Å². The lowest BCUT2D eigenvalue weighted by molar-refractivity contribution is 0.0893. The molecule has 1 unspecified atom stereocenters. The molecule has 3 N–H and O–H groups in total. The van der Waals surface area contributed by atoms with E-state index >= 15 is 0 Å². The minimum Gasteiger partial charge on any atom is -0.383 e. The van der Waals surface area contributed by atoms with Crippen LogP contribution in [0.4, 0.5) is 0 Å². The predicted molar refractivity (Wildman–Crippen MR) is 80.7 cm³/mol. The first-order valence-electron chi connectivity index (χ1n) is 6.73. The molecule has 2 aromatic carbocycles.